The summed E-state index contributed by atoms with van der Waals surface area (Å²) in [6.07, 6.45) is 1.09. The van der Waals surface area contributed by atoms with Gasteiger partial charge >= 0.3 is 0 Å². The molecule has 2 aromatic rings. The van der Waals surface area contributed by atoms with Gasteiger partial charge in [-0.2, -0.15) is 0 Å². The van der Waals surface area contributed by atoms with Crippen LogP contribution < -0.4 is 10.5 Å². The zero-order valence-corrected chi connectivity index (χ0v) is 13.7. The molecule has 0 unspecified atom stereocenters. The normalized spacial score (nSPS) is 22.7. The van der Waals surface area contributed by atoms with E-state index in [2.05, 4.69) is 22.0 Å². The second kappa shape index (κ2) is 5.82. The Labute approximate surface area is 140 Å². The first-order chi connectivity index (χ1) is 11.6. The largest absolute Gasteiger partial charge is 0.366 e. The predicted molar refractivity (Wildman–Crippen MR) is 93.4 cm³/mol. The molecule has 0 aliphatic carbocycles. The Morgan fingerprint density at radius 2 is 1.92 bits per heavy atom. The van der Waals surface area contributed by atoms with Crippen LogP contribution in [0.1, 0.15) is 22.5 Å². The molecule has 2 saturated heterocycles. The number of benzene rings is 1. The lowest BCUT2D eigenvalue weighted by molar-refractivity contribution is 0.0782. The van der Waals surface area contributed by atoms with Crippen molar-refractivity contribution in [3.63, 3.8) is 0 Å². The maximum Gasteiger partial charge on any atom is 0.260 e. The molecule has 5 nitrogen and oxygen atoms in total. The van der Waals surface area contributed by atoms with Gasteiger partial charge in [0.05, 0.1) is 6.04 Å². The molecule has 24 heavy (non-hydrogen) atoms. The lowest BCUT2D eigenvalue weighted by atomic mass is 10.1. The summed E-state index contributed by atoms with van der Waals surface area (Å²) in [6.45, 7) is 4.27. The highest BCUT2D eigenvalue weighted by Gasteiger charge is 2.43. The number of nitrogens with one attached hydrogen (secondary N) is 1. The molecule has 124 valence electrons. The third kappa shape index (κ3) is 2.50. The van der Waals surface area contributed by atoms with E-state index in [9.17, 15) is 9.59 Å². The summed E-state index contributed by atoms with van der Waals surface area (Å²) in [5.41, 5.74) is 1.93. The maximum atomic E-state index is 12.7. The fraction of sp³-hybridized carbons (Fsp3) is 0.368. The predicted octanol–water partition coefficient (Wildman–Crippen LogP) is 2.03. The Morgan fingerprint density at radius 1 is 1.12 bits per heavy atom. The number of fused-ring (bicyclic) bond motifs is 1. The molecule has 5 heteroatoms. The van der Waals surface area contributed by atoms with E-state index in [1.165, 1.54) is 5.69 Å². The molecular weight excluding hydrogens is 302 g/mol. The first kappa shape index (κ1) is 15.0. The molecule has 1 amide bonds. The van der Waals surface area contributed by atoms with Crippen LogP contribution in [-0.2, 0) is 0 Å². The van der Waals surface area contributed by atoms with Crippen molar-refractivity contribution in [1.82, 2.24) is 9.88 Å². The number of amides is 1. The van der Waals surface area contributed by atoms with Crippen molar-refractivity contribution < 1.29 is 4.79 Å². The number of aryl methyl sites for hydroxylation is 1. The number of anilines is 1. The van der Waals surface area contributed by atoms with E-state index in [4.69, 9.17) is 0 Å². The van der Waals surface area contributed by atoms with Crippen molar-refractivity contribution >= 4 is 11.6 Å². The van der Waals surface area contributed by atoms with Crippen LogP contribution in [0.2, 0.25) is 0 Å². The van der Waals surface area contributed by atoms with E-state index in [0.29, 0.717) is 18.5 Å². The quantitative estimate of drug-likeness (QED) is 0.920. The number of H-pyrrole nitrogens is 1. The van der Waals surface area contributed by atoms with E-state index in [-0.39, 0.29) is 17.0 Å². The van der Waals surface area contributed by atoms with Crippen LogP contribution in [0.25, 0.3) is 0 Å². The van der Waals surface area contributed by atoms with Gasteiger partial charge in [0, 0.05) is 36.9 Å². The molecule has 0 saturated carbocycles. The zero-order chi connectivity index (χ0) is 16.7. The first-order valence-corrected chi connectivity index (χ1v) is 8.44. The number of pyridine rings is 1. The van der Waals surface area contributed by atoms with Crippen molar-refractivity contribution in [2.24, 2.45) is 5.92 Å². The number of aromatic nitrogens is 1. The molecule has 2 aliphatic heterocycles. The van der Waals surface area contributed by atoms with Gasteiger partial charge in [-0.1, -0.05) is 18.2 Å². The van der Waals surface area contributed by atoms with E-state index in [1.54, 1.807) is 12.1 Å². The number of hydrogen-bond acceptors (Lipinski definition) is 3. The monoisotopic (exact) mass is 323 g/mol. The SMILES string of the molecule is Cc1ccc(C(=O)N2C[C@H]3CCN(c4ccccc4)[C@@H]3C2)c(=O)[nH]1. The van der Waals surface area contributed by atoms with Gasteiger partial charge in [0.25, 0.3) is 11.5 Å². The maximum absolute atomic E-state index is 12.7. The fourth-order valence-electron chi connectivity index (χ4n) is 3.98. The molecule has 1 aromatic heterocycles. The summed E-state index contributed by atoms with van der Waals surface area (Å²) in [5.74, 6) is 0.331. The molecule has 0 radical (unpaired) electrons. The molecule has 0 bridgehead atoms. The zero-order valence-electron chi connectivity index (χ0n) is 13.7. The molecule has 2 aliphatic rings. The van der Waals surface area contributed by atoms with Gasteiger partial charge in [-0.05, 0) is 37.6 Å². The number of carbonyl (C=O) groups excluding carboxylic acids is 1. The van der Waals surface area contributed by atoms with Crippen molar-refractivity contribution in [2.45, 2.75) is 19.4 Å². The molecule has 4 rings (SSSR count). The Balaban J connectivity index is 1.54. The van der Waals surface area contributed by atoms with Crippen molar-refractivity contribution in [2.75, 3.05) is 24.5 Å². The van der Waals surface area contributed by atoms with Gasteiger partial charge in [0.2, 0.25) is 0 Å². The van der Waals surface area contributed by atoms with E-state index in [1.807, 2.05) is 30.0 Å². The molecule has 1 N–H and O–H groups in total. The van der Waals surface area contributed by atoms with Gasteiger partial charge < -0.3 is 14.8 Å². The Hall–Kier alpha value is -2.56. The van der Waals surface area contributed by atoms with E-state index < -0.39 is 0 Å². The van der Waals surface area contributed by atoms with Gasteiger partial charge in [0.1, 0.15) is 5.56 Å². The third-order valence-corrected chi connectivity index (χ3v) is 5.21. The molecular formula is C19H21N3O2. The van der Waals surface area contributed by atoms with Gasteiger partial charge in [-0.3, -0.25) is 9.59 Å². The second-order valence-electron chi connectivity index (χ2n) is 6.74. The van der Waals surface area contributed by atoms with Crippen LogP contribution in [0.15, 0.2) is 47.3 Å². The average Bonchev–Trinajstić information content (AvgIpc) is 3.15. The van der Waals surface area contributed by atoms with Gasteiger partial charge in [-0.25, -0.2) is 0 Å². The van der Waals surface area contributed by atoms with Crippen LogP contribution in [0.3, 0.4) is 0 Å². The topological polar surface area (TPSA) is 56.4 Å². The van der Waals surface area contributed by atoms with Crippen molar-refractivity contribution in [3.8, 4) is 0 Å². The highest BCUT2D eigenvalue weighted by atomic mass is 16.2. The van der Waals surface area contributed by atoms with Crippen LogP contribution in [0.5, 0.6) is 0 Å². The number of hydrogen-bond donors (Lipinski definition) is 1. The summed E-state index contributed by atoms with van der Waals surface area (Å²) < 4.78 is 0. The molecule has 1 aromatic carbocycles. The minimum absolute atomic E-state index is 0.154. The second-order valence-corrected chi connectivity index (χ2v) is 6.74. The lowest BCUT2D eigenvalue weighted by Crippen LogP contribution is -2.38. The number of rotatable bonds is 2. The smallest absolute Gasteiger partial charge is 0.260 e. The van der Waals surface area contributed by atoms with E-state index >= 15 is 0 Å². The average molecular weight is 323 g/mol. The summed E-state index contributed by atoms with van der Waals surface area (Å²) in [7, 11) is 0. The summed E-state index contributed by atoms with van der Waals surface area (Å²) >= 11 is 0. The number of nitrogens with zero attached hydrogens (tertiary/aromatic N) is 2. The highest BCUT2D eigenvalue weighted by molar-refractivity contribution is 5.94. The number of carbonyl (C=O) groups is 1. The van der Waals surface area contributed by atoms with Gasteiger partial charge in [0.15, 0.2) is 0 Å². The standard InChI is InChI=1S/C19H21N3O2/c1-13-7-8-16(18(23)20-13)19(24)21-11-14-9-10-22(17(14)12-21)15-5-3-2-4-6-15/h2-8,14,17H,9-12H2,1H3,(H,20,23)/t14-,17-/m1/s1. The van der Waals surface area contributed by atoms with Crippen LogP contribution in [-0.4, -0.2) is 41.5 Å². The van der Waals surface area contributed by atoms with Gasteiger partial charge in [-0.15, -0.1) is 0 Å². The molecule has 3 heterocycles. The third-order valence-electron chi connectivity index (χ3n) is 5.21. The Bertz CT molecular complexity index is 815. The Kier molecular flexibility index (Phi) is 3.63. The minimum Gasteiger partial charge on any atom is -0.366 e. The number of aromatic amines is 1. The minimum atomic E-state index is -0.294. The fourth-order valence-corrected chi connectivity index (χ4v) is 3.98. The van der Waals surface area contributed by atoms with Crippen LogP contribution in [0.4, 0.5) is 5.69 Å². The molecule has 2 atom stereocenters. The van der Waals surface area contributed by atoms with E-state index in [0.717, 1.165) is 25.2 Å². The summed E-state index contributed by atoms with van der Waals surface area (Å²) in [4.78, 5) is 31.8. The van der Waals surface area contributed by atoms with Crippen molar-refractivity contribution in [1.29, 1.82) is 0 Å². The Morgan fingerprint density at radius 3 is 2.67 bits per heavy atom. The molecule has 2 fully saturated rings. The summed E-state index contributed by atoms with van der Waals surface area (Å²) in [6, 6.07) is 14.1. The highest BCUT2D eigenvalue weighted by Crippen LogP contribution is 2.35. The number of likely N-dealkylation sites (tertiary alicyclic amines) is 1. The van der Waals surface area contributed by atoms with Crippen LogP contribution in [0, 0.1) is 12.8 Å². The van der Waals surface area contributed by atoms with Crippen molar-refractivity contribution in [3.05, 3.63) is 64.1 Å². The molecule has 0 spiro atoms. The van der Waals surface area contributed by atoms with Crippen LogP contribution >= 0.6 is 0 Å². The first-order valence-electron chi connectivity index (χ1n) is 8.44. The summed E-state index contributed by atoms with van der Waals surface area (Å²) in [5, 5.41) is 0. The number of para-hydroxylation sites is 1. The lowest BCUT2D eigenvalue weighted by Gasteiger charge is -2.26.